The fraction of sp³-hybridized carbons (Fsp3) is 0.520. The van der Waals surface area contributed by atoms with E-state index in [0.29, 0.717) is 16.3 Å². The Morgan fingerprint density at radius 1 is 0.906 bits per heavy atom. The van der Waals surface area contributed by atoms with E-state index in [1.54, 1.807) is 0 Å². The van der Waals surface area contributed by atoms with Crippen LogP contribution < -0.4 is 9.62 Å². The van der Waals surface area contributed by atoms with Gasteiger partial charge in [0, 0.05) is 39.1 Å². The Morgan fingerprint density at radius 2 is 1.56 bits per heavy atom. The topological polar surface area (TPSA) is 32.3 Å². The monoisotopic (exact) mass is 514 g/mol. The van der Waals surface area contributed by atoms with Gasteiger partial charge in [-0.2, -0.15) is 0 Å². The second-order valence-corrected chi connectivity index (χ2v) is 11.2. The van der Waals surface area contributed by atoms with Crippen LogP contribution in [0.4, 0.5) is 5.69 Å². The van der Waals surface area contributed by atoms with Crippen molar-refractivity contribution in [2.75, 3.05) is 18.0 Å². The number of hydrogen-bond acceptors (Lipinski definition) is 2. The SMILES string of the molecule is CCNS(=O)C1CCCCC1.Clc1ccc(N2CCCCC2c2ccc(Cl)cc2Cl)cc1. The van der Waals surface area contributed by atoms with Gasteiger partial charge in [-0.3, -0.25) is 0 Å². The summed E-state index contributed by atoms with van der Waals surface area (Å²) in [5.74, 6) is 0. The van der Waals surface area contributed by atoms with Crippen molar-refractivity contribution in [1.29, 1.82) is 0 Å². The zero-order valence-electron chi connectivity index (χ0n) is 18.7. The summed E-state index contributed by atoms with van der Waals surface area (Å²) in [5.41, 5.74) is 2.34. The summed E-state index contributed by atoms with van der Waals surface area (Å²) in [6.45, 7) is 3.86. The number of piperidine rings is 1. The highest BCUT2D eigenvalue weighted by molar-refractivity contribution is 7.83. The van der Waals surface area contributed by atoms with Crippen molar-refractivity contribution < 1.29 is 4.21 Å². The average molecular weight is 516 g/mol. The molecule has 1 N–H and O–H groups in total. The van der Waals surface area contributed by atoms with E-state index in [9.17, 15) is 4.21 Å². The summed E-state index contributed by atoms with van der Waals surface area (Å²) in [6, 6.07) is 14.1. The zero-order chi connectivity index (χ0) is 22.9. The van der Waals surface area contributed by atoms with E-state index in [2.05, 4.69) is 21.8 Å². The lowest BCUT2D eigenvalue weighted by Gasteiger charge is -2.38. The molecule has 1 heterocycles. The van der Waals surface area contributed by atoms with Gasteiger partial charge in [0.15, 0.2) is 0 Å². The van der Waals surface area contributed by atoms with Crippen LogP contribution in [0.2, 0.25) is 15.1 Å². The molecular weight excluding hydrogens is 483 g/mol. The molecule has 1 aliphatic heterocycles. The molecule has 2 aromatic rings. The van der Waals surface area contributed by atoms with Crippen molar-refractivity contribution >= 4 is 51.5 Å². The molecule has 3 nitrogen and oxygen atoms in total. The maximum Gasteiger partial charge on any atom is 0.0946 e. The first-order valence-corrected chi connectivity index (χ1v) is 14.0. The second-order valence-electron chi connectivity index (χ2n) is 8.40. The maximum absolute atomic E-state index is 11.4. The molecule has 4 rings (SSSR count). The van der Waals surface area contributed by atoms with Crippen molar-refractivity contribution in [1.82, 2.24) is 4.72 Å². The van der Waals surface area contributed by atoms with Crippen molar-refractivity contribution in [3.63, 3.8) is 0 Å². The van der Waals surface area contributed by atoms with Crippen molar-refractivity contribution in [3.8, 4) is 0 Å². The number of nitrogens with one attached hydrogen (secondary N) is 1. The quantitative estimate of drug-likeness (QED) is 0.438. The van der Waals surface area contributed by atoms with Crippen LogP contribution in [-0.2, 0) is 11.0 Å². The van der Waals surface area contributed by atoms with E-state index < -0.39 is 11.0 Å². The Kier molecular flexibility index (Phi) is 10.7. The van der Waals surface area contributed by atoms with Gasteiger partial charge in [0.05, 0.1) is 17.0 Å². The molecule has 7 heteroatoms. The van der Waals surface area contributed by atoms with E-state index in [-0.39, 0.29) is 0 Å². The highest BCUT2D eigenvalue weighted by atomic mass is 35.5. The van der Waals surface area contributed by atoms with Gasteiger partial charge in [-0.15, -0.1) is 0 Å². The van der Waals surface area contributed by atoms with Gasteiger partial charge < -0.3 is 4.90 Å². The molecule has 2 aliphatic rings. The van der Waals surface area contributed by atoms with Gasteiger partial charge in [-0.1, -0.05) is 67.1 Å². The lowest BCUT2D eigenvalue weighted by molar-refractivity contribution is 0.473. The number of halogens is 3. The minimum atomic E-state index is -0.756. The van der Waals surface area contributed by atoms with E-state index in [4.69, 9.17) is 34.8 Å². The van der Waals surface area contributed by atoms with Gasteiger partial charge in [-0.05, 0) is 74.1 Å². The third-order valence-corrected chi connectivity index (χ3v) is 8.59. The molecule has 1 aliphatic carbocycles. The number of benzene rings is 2. The largest absolute Gasteiger partial charge is 0.364 e. The highest BCUT2D eigenvalue weighted by Gasteiger charge is 2.26. The van der Waals surface area contributed by atoms with E-state index in [1.165, 1.54) is 37.8 Å². The van der Waals surface area contributed by atoms with Crippen LogP contribution in [0, 0.1) is 0 Å². The Labute approximate surface area is 210 Å². The van der Waals surface area contributed by atoms with Gasteiger partial charge in [0.1, 0.15) is 0 Å². The summed E-state index contributed by atoms with van der Waals surface area (Å²) < 4.78 is 14.4. The lowest BCUT2D eigenvalue weighted by atomic mass is 9.94. The Morgan fingerprint density at radius 3 is 2.22 bits per heavy atom. The molecular formula is C25H33Cl3N2OS. The van der Waals surface area contributed by atoms with Crippen LogP contribution in [0.5, 0.6) is 0 Å². The molecule has 0 amide bonds. The van der Waals surface area contributed by atoms with Crippen LogP contribution in [0.1, 0.15) is 69.9 Å². The number of hydrogen-bond donors (Lipinski definition) is 1. The van der Waals surface area contributed by atoms with E-state index in [0.717, 1.165) is 48.0 Å². The van der Waals surface area contributed by atoms with Gasteiger partial charge >= 0.3 is 0 Å². The molecule has 2 aromatic carbocycles. The zero-order valence-corrected chi connectivity index (χ0v) is 21.7. The fourth-order valence-electron chi connectivity index (χ4n) is 4.51. The predicted molar refractivity (Wildman–Crippen MR) is 141 cm³/mol. The van der Waals surface area contributed by atoms with Crippen molar-refractivity contribution in [3.05, 3.63) is 63.1 Å². The molecule has 176 valence electrons. The van der Waals surface area contributed by atoms with Crippen LogP contribution in [-0.4, -0.2) is 22.5 Å². The van der Waals surface area contributed by atoms with E-state index >= 15 is 0 Å². The Hall–Kier alpha value is -0.780. The Bertz CT molecular complexity index is 872. The summed E-state index contributed by atoms with van der Waals surface area (Å²) in [6.07, 6.45) is 9.69. The molecule has 2 atom stereocenters. The highest BCUT2D eigenvalue weighted by Crippen LogP contribution is 2.38. The summed E-state index contributed by atoms with van der Waals surface area (Å²) >= 11 is 18.4. The Balaban J connectivity index is 0.000000222. The van der Waals surface area contributed by atoms with Crippen molar-refractivity contribution in [2.45, 2.75) is 69.6 Å². The third kappa shape index (κ3) is 7.36. The third-order valence-electron chi connectivity index (χ3n) is 6.12. The molecule has 0 aromatic heterocycles. The first kappa shape index (κ1) is 25.8. The lowest BCUT2D eigenvalue weighted by Crippen LogP contribution is -2.33. The molecule has 2 fully saturated rings. The fourth-order valence-corrected chi connectivity index (χ4v) is 6.45. The van der Waals surface area contributed by atoms with Crippen LogP contribution in [0.3, 0.4) is 0 Å². The number of nitrogens with zero attached hydrogens (tertiary/aromatic N) is 1. The van der Waals surface area contributed by atoms with Gasteiger partial charge in [0.25, 0.3) is 0 Å². The first-order valence-electron chi connectivity index (χ1n) is 11.6. The van der Waals surface area contributed by atoms with Crippen molar-refractivity contribution in [2.24, 2.45) is 0 Å². The molecule has 2 unspecified atom stereocenters. The second kappa shape index (κ2) is 13.2. The molecule has 0 spiro atoms. The minimum Gasteiger partial charge on any atom is -0.364 e. The summed E-state index contributed by atoms with van der Waals surface area (Å²) in [5, 5.41) is 2.62. The van der Waals surface area contributed by atoms with Gasteiger partial charge in [0.2, 0.25) is 0 Å². The van der Waals surface area contributed by atoms with Gasteiger partial charge in [-0.25, -0.2) is 8.93 Å². The average Bonchev–Trinajstić information content (AvgIpc) is 2.81. The summed E-state index contributed by atoms with van der Waals surface area (Å²) in [4.78, 5) is 2.41. The van der Waals surface area contributed by atoms with Crippen LogP contribution in [0.15, 0.2) is 42.5 Å². The molecule has 1 saturated heterocycles. The summed E-state index contributed by atoms with van der Waals surface area (Å²) in [7, 11) is -0.756. The molecule has 0 bridgehead atoms. The molecule has 0 radical (unpaired) electrons. The normalized spacial score (nSPS) is 20.4. The molecule has 32 heavy (non-hydrogen) atoms. The van der Waals surface area contributed by atoms with E-state index in [1.807, 2.05) is 37.3 Å². The standard InChI is InChI=1S/C17H16Cl3N.C8H17NOS/c18-12-4-7-14(8-5-12)21-10-2-1-3-17(21)15-9-6-13(19)11-16(15)20;1-2-9-11(10)8-6-4-3-5-7-8/h4-9,11,17H,1-3,10H2;8-9H,2-7H2,1H3. The van der Waals surface area contributed by atoms with Crippen LogP contribution in [0.25, 0.3) is 0 Å². The minimum absolute atomic E-state index is 0.296. The smallest absolute Gasteiger partial charge is 0.0946 e. The van der Waals surface area contributed by atoms with Crippen LogP contribution >= 0.6 is 34.8 Å². The first-order chi connectivity index (χ1) is 15.5. The molecule has 1 saturated carbocycles. The number of anilines is 1. The number of rotatable bonds is 5. The maximum atomic E-state index is 11.4. The predicted octanol–water partition coefficient (Wildman–Crippen LogP) is 7.97.